The molecule has 0 radical (unpaired) electrons. The van der Waals surface area contributed by atoms with Gasteiger partial charge in [-0.05, 0) is 11.1 Å². The molecule has 1 aromatic rings. The lowest BCUT2D eigenvalue weighted by molar-refractivity contribution is 0.519. The van der Waals surface area contributed by atoms with Crippen LogP contribution in [0.25, 0.3) is 0 Å². The molecular weight excluding hydrogens is 350 g/mol. The first-order valence-electron chi connectivity index (χ1n) is 6.60. The second-order valence-electron chi connectivity index (χ2n) is 4.84. The molecule has 0 aromatic heterocycles. The normalized spacial score (nSPS) is 9.91. The summed E-state index contributed by atoms with van der Waals surface area (Å²) in [6.07, 6.45) is 0. The highest BCUT2D eigenvalue weighted by atomic mass is 32.2. The molecule has 0 saturated heterocycles. The zero-order valence-electron chi connectivity index (χ0n) is 12.9. The molecule has 3 nitrogen and oxygen atoms in total. The van der Waals surface area contributed by atoms with Crippen molar-refractivity contribution in [2.45, 2.75) is 12.3 Å². The highest BCUT2D eigenvalue weighted by Gasteiger charge is 2.07. The van der Waals surface area contributed by atoms with Gasteiger partial charge in [0.05, 0.1) is 11.8 Å². The number of nitrogens with zero attached hydrogens (tertiary/aromatic N) is 3. The Kier molecular flexibility index (Phi) is 8.79. The number of thiocarbonyl (C=S) groups is 2. The molecule has 7 heteroatoms. The Morgan fingerprint density at radius 2 is 1.82 bits per heavy atom. The summed E-state index contributed by atoms with van der Waals surface area (Å²) in [5.41, 5.74) is 2.45. The first-order valence-corrected chi connectivity index (χ1v) is 9.39. The zero-order valence-corrected chi connectivity index (χ0v) is 16.2. The molecule has 0 unspecified atom stereocenters. The van der Waals surface area contributed by atoms with Gasteiger partial charge in [-0.2, -0.15) is 5.26 Å². The van der Waals surface area contributed by atoms with E-state index in [1.807, 2.05) is 30.9 Å². The molecule has 1 rings (SSSR count). The maximum absolute atomic E-state index is 8.60. The van der Waals surface area contributed by atoms with Gasteiger partial charge in [0.25, 0.3) is 0 Å². The van der Waals surface area contributed by atoms with Crippen molar-refractivity contribution in [3.8, 4) is 6.07 Å². The molecule has 118 valence electrons. The van der Waals surface area contributed by atoms with Gasteiger partial charge in [-0.1, -0.05) is 72.2 Å². The topological polar surface area (TPSA) is 30.3 Å². The van der Waals surface area contributed by atoms with Crippen LogP contribution < -0.4 is 0 Å². The third kappa shape index (κ3) is 6.97. The van der Waals surface area contributed by atoms with Crippen LogP contribution in [0.4, 0.5) is 0 Å². The molecule has 22 heavy (non-hydrogen) atoms. The van der Waals surface area contributed by atoms with Crippen molar-refractivity contribution in [2.24, 2.45) is 0 Å². The van der Waals surface area contributed by atoms with Gasteiger partial charge < -0.3 is 9.80 Å². The molecular formula is C15H19N3S4. The quantitative estimate of drug-likeness (QED) is 0.731. The lowest BCUT2D eigenvalue weighted by atomic mass is 10.1. The second kappa shape index (κ2) is 10.1. The largest absolute Gasteiger partial charge is 0.364 e. The predicted octanol–water partition coefficient (Wildman–Crippen LogP) is 3.74. The zero-order chi connectivity index (χ0) is 16.5. The molecule has 0 fully saturated rings. The fourth-order valence-electron chi connectivity index (χ4n) is 1.63. The van der Waals surface area contributed by atoms with Crippen LogP contribution in [-0.2, 0) is 12.3 Å². The van der Waals surface area contributed by atoms with E-state index in [2.05, 4.69) is 30.3 Å². The van der Waals surface area contributed by atoms with Crippen LogP contribution in [0.5, 0.6) is 0 Å². The lowest BCUT2D eigenvalue weighted by Gasteiger charge is -2.19. The summed E-state index contributed by atoms with van der Waals surface area (Å²) in [6, 6.07) is 10.5. The summed E-state index contributed by atoms with van der Waals surface area (Å²) in [7, 11) is 5.87. The van der Waals surface area contributed by atoms with Crippen LogP contribution >= 0.6 is 48.0 Å². The van der Waals surface area contributed by atoms with E-state index >= 15 is 0 Å². The SMILES string of the molecule is CN(C)C(=S)SCc1cccc(CN(C)C(=S)SCC#N)c1. The van der Waals surface area contributed by atoms with Crippen LogP contribution in [0.2, 0.25) is 0 Å². The van der Waals surface area contributed by atoms with Crippen molar-refractivity contribution in [1.82, 2.24) is 9.80 Å². The number of thioether (sulfide) groups is 2. The van der Waals surface area contributed by atoms with E-state index in [4.69, 9.17) is 29.7 Å². The van der Waals surface area contributed by atoms with E-state index < -0.39 is 0 Å². The summed E-state index contributed by atoms with van der Waals surface area (Å²) < 4.78 is 1.63. The maximum atomic E-state index is 8.60. The van der Waals surface area contributed by atoms with E-state index in [0.29, 0.717) is 5.75 Å². The van der Waals surface area contributed by atoms with E-state index in [1.54, 1.807) is 11.8 Å². The van der Waals surface area contributed by atoms with Gasteiger partial charge in [0.1, 0.15) is 8.64 Å². The molecule has 1 aromatic carbocycles. The standard InChI is InChI=1S/C15H19N3S4/c1-17(2)14(19)22-11-13-6-4-5-12(9-13)10-18(3)15(20)21-8-7-16/h4-6,9H,8,10-11H2,1-3H3. The Balaban J connectivity index is 2.59. The average molecular weight is 370 g/mol. The number of nitriles is 1. The fourth-order valence-corrected chi connectivity index (χ4v) is 3.25. The molecule has 0 bridgehead atoms. The Morgan fingerprint density at radius 1 is 1.14 bits per heavy atom. The molecule has 0 amide bonds. The van der Waals surface area contributed by atoms with Gasteiger partial charge in [-0.25, -0.2) is 0 Å². The first kappa shape index (κ1) is 19.2. The summed E-state index contributed by atoms with van der Waals surface area (Å²) in [4.78, 5) is 3.94. The van der Waals surface area contributed by atoms with Gasteiger partial charge in [0.15, 0.2) is 0 Å². The van der Waals surface area contributed by atoms with Crippen molar-refractivity contribution < 1.29 is 0 Å². The Hall–Kier alpha value is -0.810. The first-order chi connectivity index (χ1) is 10.4. The molecule has 0 N–H and O–H groups in total. The van der Waals surface area contributed by atoms with E-state index in [1.165, 1.54) is 22.9 Å². The molecule has 0 atom stereocenters. The minimum atomic E-state index is 0.391. The smallest absolute Gasteiger partial charge is 0.137 e. The third-order valence-corrected chi connectivity index (χ3v) is 6.02. The summed E-state index contributed by atoms with van der Waals surface area (Å²) in [5, 5.41) is 8.60. The summed E-state index contributed by atoms with van der Waals surface area (Å²) in [5.74, 6) is 1.25. The van der Waals surface area contributed by atoms with Crippen molar-refractivity contribution in [2.75, 3.05) is 26.9 Å². The Bertz CT molecular complexity index is 566. The van der Waals surface area contributed by atoms with Crippen LogP contribution in [0.1, 0.15) is 11.1 Å². The average Bonchev–Trinajstić information content (AvgIpc) is 2.50. The molecule has 0 aliphatic heterocycles. The molecule has 0 saturated carbocycles. The van der Waals surface area contributed by atoms with Crippen LogP contribution in [0.15, 0.2) is 24.3 Å². The van der Waals surface area contributed by atoms with Gasteiger partial charge in [-0.3, -0.25) is 0 Å². The van der Waals surface area contributed by atoms with E-state index in [-0.39, 0.29) is 0 Å². The number of benzene rings is 1. The van der Waals surface area contributed by atoms with Gasteiger partial charge in [0, 0.05) is 33.4 Å². The van der Waals surface area contributed by atoms with Crippen molar-refractivity contribution in [1.29, 1.82) is 5.26 Å². The van der Waals surface area contributed by atoms with Gasteiger partial charge in [0.2, 0.25) is 0 Å². The summed E-state index contributed by atoms with van der Waals surface area (Å²) >= 11 is 13.6. The maximum Gasteiger partial charge on any atom is 0.137 e. The van der Waals surface area contributed by atoms with E-state index in [9.17, 15) is 0 Å². The number of rotatable bonds is 5. The number of hydrogen-bond donors (Lipinski definition) is 0. The molecule has 0 spiro atoms. The van der Waals surface area contributed by atoms with Gasteiger partial charge in [-0.15, -0.1) is 0 Å². The highest BCUT2D eigenvalue weighted by molar-refractivity contribution is 8.23. The minimum Gasteiger partial charge on any atom is -0.364 e. The molecule has 0 heterocycles. The minimum absolute atomic E-state index is 0.391. The van der Waals surface area contributed by atoms with Crippen molar-refractivity contribution in [3.05, 3.63) is 35.4 Å². The molecule has 0 aliphatic rings. The second-order valence-corrected chi connectivity index (χ2v) is 8.06. The monoisotopic (exact) mass is 369 g/mol. The van der Waals surface area contributed by atoms with Crippen molar-refractivity contribution >= 4 is 56.6 Å². The predicted molar refractivity (Wildman–Crippen MR) is 106 cm³/mol. The Morgan fingerprint density at radius 3 is 2.45 bits per heavy atom. The van der Waals surface area contributed by atoms with Crippen LogP contribution in [-0.4, -0.2) is 45.3 Å². The Labute approximate surface area is 152 Å². The van der Waals surface area contributed by atoms with E-state index in [0.717, 1.165) is 20.9 Å². The summed E-state index contributed by atoms with van der Waals surface area (Å²) in [6.45, 7) is 0.744. The fraction of sp³-hybridized carbons (Fsp3) is 0.400. The van der Waals surface area contributed by atoms with Gasteiger partial charge >= 0.3 is 0 Å². The van der Waals surface area contributed by atoms with Crippen molar-refractivity contribution in [3.63, 3.8) is 0 Å². The van der Waals surface area contributed by atoms with Crippen LogP contribution in [0.3, 0.4) is 0 Å². The highest BCUT2D eigenvalue weighted by Crippen LogP contribution is 2.18. The lowest BCUT2D eigenvalue weighted by Crippen LogP contribution is -2.22. The third-order valence-electron chi connectivity index (χ3n) is 2.71. The number of hydrogen-bond acceptors (Lipinski definition) is 5. The van der Waals surface area contributed by atoms with Crippen LogP contribution in [0, 0.1) is 11.3 Å². The molecule has 0 aliphatic carbocycles.